The molecule has 2 rings (SSSR count). The fourth-order valence-electron chi connectivity index (χ4n) is 3.01. The Morgan fingerprint density at radius 1 is 1.22 bits per heavy atom. The van der Waals surface area contributed by atoms with E-state index in [1.54, 1.807) is 26.0 Å². The largest absolute Gasteiger partial charge is 0.493 e. The van der Waals surface area contributed by atoms with Gasteiger partial charge in [0.1, 0.15) is 0 Å². The van der Waals surface area contributed by atoms with Crippen molar-refractivity contribution in [2.24, 2.45) is 0 Å². The third-order valence-corrected chi connectivity index (χ3v) is 4.53. The van der Waals surface area contributed by atoms with Crippen LogP contribution in [0.25, 0.3) is 0 Å². The molecule has 0 fully saturated rings. The number of dihydropyridines is 1. The number of nitrogens with zero attached hydrogens (tertiary/aromatic N) is 1. The van der Waals surface area contributed by atoms with E-state index in [0.29, 0.717) is 44.7 Å². The number of nitrogens with one attached hydrogen (secondary N) is 1. The molecule has 0 bridgehead atoms. The molecule has 1 aliphatic rings. The molecule has 0 radical (unpaired) electrons. The van der Waals surface area contributed by atoms with Gasteiger partial charge < -0.3 is 24.3 Å². The summed E-state index contributed by atoms with van der Waals surface area (Å²) in [6, 6.07) is 5.56. The Kier molecular flexibility index (Phi) is 6.64. The highest BCUT2D eigenvalue weighted by Gasteiger charge is 2.35. The van der Waals surface area contributed by atoms with E-state index in [4.69, 9.17) is 18.9 Å². The zero-order valence-corrected chi connectivity index (χ0v) is 16.8. The van der Waals surface area contributed by atoms with E-state index < -0.39 is 11.9 Å². The Morgan fingerprint density at radius 3 is 2.26 bits per heavy atom. The van der Waals surface area contributed by atoms with Crippen molar-refractivity contribution in [3.8, 4) is 23.3 Å². The van der Waals surface area contributed by atoms with Gasteiger partial charge in [0.15, 0.2) is 11.5 Å². The number of carbonyl (C=O) groups is 1. The number of rotatable bonds is 6. The number of carbonyl (C=O) groups excluding carboxylic acids is 1. The molecule has 1 heterocycles. The molecule has 0 aromatic heterocycles. The van der Waals surface area contributed by atoms with E-state index in [0.717, 1.165) is 0 Å². The molecule has 27 heavy (non-hydrogen) atoms. The maximum atomic E-state index is 12.6. The zero-order valence-electron chi connectivity index (χ0n) is 15.9. The van der Waals surface area contributed by atoms with Crippen LogP contribution in [0.3, 0.4) is 0 Å². The summed E-state index contributed by atoms with van der Waals surface area (Å²) in [5, 5.41) is 13.0. The number of methoxy groups -OCH3 is 3. The molecular formula is C19H22N2O5S. The van der Waals surface area contributed by atoms with Crippen LogP contribution in [0.5, 0.6) is 17.2 Å². The number of allylic oxidation sites excluding steroid dienone is 2. The minimum atomic E-state index is -0.684. The highest BCUT2D eigenvalue weighted by atomic mass is 32.1. The van der Waals surface area contributed by atoms with Gasteiger partial charge in [-0.15, -0.1) is 12.6 Å². The van der Waals surface area contributed by atoms with Crippen LogP contribution < -0.4 is 19.5 Å². The highest BCUT2D eigenvalue weighted by molar-refractivity contribution is 7.84. The predicted octanol–water partition coefficient (Wildman–Crippen LogP) is 2.90. The topological polar surface area (TPSA) is 89.8 Å². The van der Waals surface area contributed by atoms with E-state index in [2.05, 4.69) is 24.0 Å². The lowest BCUT2D eigenvalue weighted by atomic mass is 9.82. The van der Waals surface area contributed by atoms with Crippen LogP contribution in [-0.4, -0.2) is 33.9 Å². The fraction of sp³-hybridized carbons (Fsp3) is 0.368. The van der Waals surface area contributed by atoms with Gasteiger partial charge in [-0.2, -0.15) is 5.26 Å². The Morgan fingerprint density at radius 2 is 1.81 bits per heavy atom. The average molecular weight is 390 g/mol. The third kappa shape index (κ3) is 3.83. The molecule has 1 N–H and O–H groups in total. The second kappa shape index (κ2) is 8.73. The standard InChI is InChI=1S/C19H22N2O5S/c1-6-26-19(22)15-10(2)21-18(27)12(9-20)16(15)11-7-13(23-3)17(25-5)14(8-11)24-4/h7-8,16,21,27H,6H2,1-5H3. The predicted molar refractivity (Wildman–Crippen MR) is 103 cm³/mol. The normalized spacial score (nSPS) is 16.4. The number of benzene rings is 1. The summed E-state index contributed by atoms with van der Waals surface area (Å²) in [5.74, 6) is 0.0736. The number of hydrogen-bond donors (Lipinski definition) is 2. The Hall–Kier alpha value is -2.79. The highest BCUT2D eigenvalue weighted by Crippen LogP contribution is 2.45. The van der Waals surface area contributed by atoms with Crippen molar-refractivity contribution >= 4 is 18.6 Å². The summed E-state index contributed by atoms with van der Waals surface area (Å²) < 4.78 is 21.4. The van der Waals surface area contributed by atoms with Crippen LogP contribution in [0.15, 0.2) is 34.0 Å². The molecule has 8 heteroatoms. The lowest BCUT2D eigenvalue weighted by Gasteiger charge is -2.28. The van der Waals surface area contributed by atoms with Crippen molar-refractivity contribution in [3.05, 3.63) is 39.6 Å². The number of nitriles is 1. The quantitative estimate of drug-likeness (QED) is 0.570. The fourth-order valence-corrected chi connectivity index (χ4v) is 3.36. The molecule has 144 valence electrons. The van der Waals surface area contributed by atoms with E-state index in [1.165, 1.54) is 21.3 Å². The van der Waals surface area contributed by atoms with Gasteiger partial charge in [-0.05, 0) is 31.5 Å². The van der Waals surface area contributed by atoms with Gasteiger partial charge in [-0.1, -0.05) is 0 Å². The van der Waals surface area contributed by atoms with Crippen LogP contribution in [0, 0.1) is 11.3 Å². The first kappa shape index (κ1) is 20.5. The number of hydrogen-bond acceptors (Lipinski definition) is 8. The van der Waals surface area contributed by atoms with Crippen molar-refractivity contribution in [3.63, 3.8) is 0 Å². The van der Waals surface area contributed by atoms with E-state index in [9.17, 15) is 10.1 Å². The second-order valence-electron chi connectivity index (χ2n) is 5.65. The van der Waals surface area contributed by atoms with Gasteiger partial charge >= 0.3 is 5.97 Å². The molecule has 1 aliphatic heterocycles. The van der Waals surface area contributed by atoms with Gasteiger partial charge in [-0.25, -0.2) is 4.79 Å². The first-order valence-electron chi connectivity index (χ1n) is 8.21. The summed E-state index contributed by atoms with van der Waals surface area (Å²) in [6.45, 7) is 3.68. The van der Waals surface area contributed by atoms with Gasteiger partial charge in [0.05, 0.1) is 56.1 Å². The maximum absolute atomic E-state index is 12.6. The van der Waals surface area contributed by atoms with E-state index in [1.807, 2.05) is 0 Å². The first-order valence-corrected chi connectivity index (χ1v) is 8.66. The van der Waals surface area contributed by atoms with Crippen LogP contribution >= 0.6 is 12.6 Å². The van der Waals surface area contributed by atoms with Crippen LogP contribution in [-0.2, 0) is 9.53 Å². The summed E-state index contributed by atoms with van der Waals surface area (Å²) in [4.78, 5) is 12.6. The first-order chi connectivity index (χ1) is 12.9. The van der Waals surface area contributed by atoms with Gasteiger partial charge in [-0.3, -0.25) is 0 Å². The van der Waals surface area contributed by atoms with Crippen molar-refractivity contribution in [1.29, 1.82) is 5.26 Å². The van der Waals surface area contributed by atoms with Crippen molar-refractivity contribution in [1.82, 2.24) is 5.32 Å². The van der Waals surface area contributed by atoms with Gasteiger partial charge in [0, 0.05) is 5.70 Å². The molecule has 0 saturated heterocycles. The van der Waals surface area contributed by atoms with Crippen molar-refractivity contribution in [2.45, 2.75) is 19.8 Å². The second-order valence-corrected chi connectivity index (χ2v) is 6.10. The Balaban J connectivity index is 2.75. The van der Waals surface area contributed by atoms with E-state index in [-0.39, 0.29) is 6.61 Å². The minimum Gasteiger partial charge on any atom is -0.493 e. The number of esters is 1. The summed E-state index contributed by atoms with van der Waals surface area (Å²) in [6.07, 6.45) is 0. The summed E-state index contributed by atoms with van der Waals surface area (Å²) >= 11 is 4.38. The molecule has 1 aromatic carbocycles. The molecule has 0 saturated carbocycles. The van der Waals surface area contributed by atoms with Crippen LogP contribution in [0.4, 0.5) is 0 Å². The minimum absolute atomic E-state index is 0.219. The number of thiol groups is 1. The lowest BCUT2D eigenvalue weighted by molar-refractivity contribution is -0.138. The van der Waals surface area contributed by atoms with E-state index >= 15 is 0 Å². The molecule has 1 aromatic rings. The molecular weight excluding hydrogens is 368 g/mol. The zero-order chi connectivity index (χ0) is 20.1. The van der Waals surface area contributed by atoms with Crippen molar-refractivity contribution < 1.29 is 23.7 Å². The Bertz CT molecular complexity index is 829. The number of ether oxygens (including phenoxy) is 4. The molecule has 7 nitrogen and oxygen atoms in total. The molecule has 1 atom stereocenters. The monoisotopic (exact) mass is 390 g/mol. The average Bonchev–Trinajstić information content (AvgIpc) is 2.66. The van der Waals surface area contributed by atoms with Gasteiger partial charge in [0.2, 0.25) is 5.75 Å². The van der Waals surface area contributed by atoms with Crippen LogP contribution in [0.1, 0.15) is 25.3 Å². The lowest BCUT2D eigenvalue weighted by Crippen LogP contribution is -2.28. The molecule has 0 spiro atoms. The van der Waals surface area contributed by atoms with Crippen LogP contribution in [0.2, 0.25) is 0 Å². The molecule has 1 unspecified atom stereocenters. The summed E-state index contributed by atoms with van der Waals surface area (Å²) in [5.41, 5.74) is 1.81. The Labute approximate surface area is 164 Å². The molecule has 0 aliphatic carbocycles. The smallest absolute Gasteiger partial charge is 0.336 e. The molecule has 0 amide bonds. The van der Waals surface area contributed by atoms with Gasteiger partial charge in [0.25, 0.3) is 0 Å². The maximum Gasteiger partial charge on any atom is 0.336 e. The third-order valence-electron chi connectivity index (χ3n) is 4.18. The van der Waals surface area contributed by atoms with Crippen molar-refractivity contribution in [2.75, 3.05) is 27.9 Å². The SMILES string of the molecule is CCOC(=O)C1=C(C)NC(S)=C(C#N)C1c1cc(OC)c(OC)c(OC)c1. The summed E-state index contributed by atoms with van der Waals surface area (Å²) in [7, 11) is 4.51.